The number of hydrogen-bond acceptors (Lipinski definition) is 4. The van der Waals surface area contributed by atoms with Crippen LogP contribution in [0.4, 0.5) is 11.5 Å². The van der Waals surface area contributed by atoms with Crippen molar-refractivity contribution in [3.8, 4) is 0 Å². The van der Waals surface area contributed by atoms with E-state index in [4.69, 9.17) is 11.6 Å². The summed E-state index contributed by atoms with van der Waals surface area (Å²) in [5, 5.41) is 6.78. The summed E-state index contributed by atoms with van der Waals surface area (Å²) in [5.41, 5.74) is 2.35. The summed E-state index contributed by atoms with van der Waals surface area (Å²) in [5.74, 6) is 0.904. The summed E-state index contributed by atoms with van der Waals surface area (Å²) < 4.78 is 0. The fourth-order valence-corrected chi connectivity index (χ4v) is 2.61. The van der Waals surface area contributed by atoms with Gasteiger partial charge in [-0.1, -0.05) is 41.9 Å². The van der Waals surface area contributed by atoms with Crippen LogP contribution in [0.2, 0.25) is 5.02 Å². The lowest BCUT2D eigenvalue weighted by molar-refractivity contribution is 0.0949. The molecule has 0 aliphatic carbocycles. The predicted octanol–water partition coefficient (Wildman–Crippen LogP) is 4.15. The topological polar surface area (TPSA) is 66.9 Å². The van der Waals surface area contributed by atoms with E-state index < -0.39 is 0 Å². The fraction of sp³-hybridized carbons (Fsp3) is 0.150. The number of anilines is 2. The Bertz CT molecular complexity index is 882. The van der Waals surface area contributed by atoms with E-state index in [0.717, 1.165) is 17.7 Å². The van der Waals surface area contributed by atoms with Gasteiger partial charge in [-0.25, -0.2) is 9.97 Å². The molecule has 0 fully saturated rings. The fourth-order valence-electron chi connectivity index (χ4n) is 2.48. The van der Waals surface area contributed by atoms with E-state index in [2.05, 4.69) is 20.6 Å². The van der Waals surface area contributed by atoms with Crippen molar-refractivity contribution >= 4 is 29.0 Å². The van der Waals surface area contributed by atoms with Crippen molar-refractivity contribution in [2.75, 3.05) is 11.9 Å². The van der Waals surface area contributed by atoms with Crippen LogP contribution in [0.3, 0.4) is 0 Å². The van der Waals surface area contributed by atoms with Crippen LogP contribution in [0.5, 0.6) is 0 Å². The van der Waals surface area contributed by atoms with E-state index in [9.17, 15) is 4.79 Å². The molecule has 1 amide bonds. The molecule has 0 saturated carbocycles. The highest BCUT2D eigenvalue weighted by Crippen LogP contribution is 2.15. The molecule has 0 aliphatic rings. The average molecular weight is 367 g/mol. The Labute approximate surface area is 157 Å². The van der Waals surface area contributed by atoms with E-state index >= 15 is 0 Å². The first-order chi connectivity index (χ1) is 12.6. The number of aryl methyl sites for hydroxylation is 1. The second-order valence-electron chi connectivity index (χ2n) is 5.81. The van der Waals surface area contributed by atoms with Crippen LogP contribution >= 0.6 is 11.6 Å². The third-order valence-electron chi connectivity index (χ3n) is 3.73. The second kappa shape index (κ2) is 8.45. The molecule has 0 spiro atoms. The molecule has 0 saturated heterocycles. The Morgan fingerprint density at radius 2 is 1.77 bits per heavy atom. The molecule has 0 bridgehead atoms. The number of benzene rings is 2. The van der Waals surface area contributed by atoms with Crippen LogP contribution in [-0.2, 0) is 6.42 Å². The summed E-state index contributed by atoms with van der Waals surface area (Å²) in [6.07, 6.45) is 0.724. The number of halogens is 1. The molecule has 5 nitrogen and oxygen atoms in total. The highest BCUT2D eigenvalue weighted by Gasteiger charge is 2.10. The van der Waals surface area contributed by atoms with Crippen LogP contribution in [0, 0.1) is 6.92 Å². The van der Waals surface area contributed by atoms with E-state index in [1.54, 1.807) is 13.0 Å². The Morgan fingerprint density at radius 3 is 2.50 bits per heavy atom. The number of nitrogens with one attached hydrogen (secondary N) is 2. The maximum absolute atomic E-state index is 12.4. The van der Waals surface area contributed by atoms with Crippen LogP contribution < -0.4 is 10.6 Å². The number of carbonyl (C=O) groups excluding carboxylic acids is 1. The first-order valence-electron chi connectivity index (χ1n) is 8.30. The maximum atomic E-state index is 12.4. The summed E-state index contributed by atoms with van der Waals surface area (Å²) in [6, 6.07) is 18.9. The zero-order chi connectivity index (χ0) is 18.4. The molecule has 0 atom stereocenters. The molecule has 132 valence electrons. The van der Waals surface area contributed by atoms with Gasteiger partial charge in [-0.3, -0.25) is 4.79 Å². The van der Waals surface area contributed by atoms with Gasteiger partial charge < -0.3 is 10.6 Å². The molecule has 0 unspecified atom stereocenters. The number of nitrogens with zero attached hydrogens (tertiary/aromatic N) is 2. The zero-order valence-electron chi connectivity index (χ0n) is 14.4. The van der Waals surface area contributed by atoms with E-state index in [1.165, 1.54) is 0 Å². The zero-order valence-corrected chi connectivity index (χ0v) is 15.1. The standard InChI is InChI=1S/C20H19ClN4O/c1-14-23-18(13-19(24-14)25-17-5-3-2-4-6-17)20(26)22-12-11-15-7-9-16(21)10-8-15/h2-10,13H,11-12H2,1H3,(H,22,26)(H,23,24,25). The quantitative estimate of drug-likeness (QED) is 0.687. The summed E-state index contributed by atoms with van der Waals surface area (Å²) in [6.45, 7) is 2.28. The molecule has 1 aromatic heterocycles. The minimum absolute atomic E-state index is 0.222. The van der Waals surface area contributed by atoms with Crippen molar-refractivity contribution in [3.05, 3.63) is 82.8 Å². The van der Waals surface area contributed by atoms with Gasteiger partial charge in [0.1, 0.15) is 17.3 Å². The number of amides is 1. The van der Waals surface area contributed by atoms with Gasteiger partial charge in [0.05, 0.1) is 0 Å². The molecular weight excluding hydrogens is 348 g/mol. The number of para-hydroxylation sites is 1. The lowest BCUT2D eigenvalue weighted by atomic mass is 10.1. The first-order valence-corrected chi connectivity index (χ1v) is 8.68. The molecule has 3 rings (SSSR count). The van der Waals surface area contributed by atoms with Crippen LogP contribution in [0.1, 0.15) is 21.9 Å². The lowest BCUT2D eigenvalue weighted by Crippen LogP contribution is -2.27. The number of rotatable bonds is 6. The van der Waals surface area contributed by atoms with E-state index in [0.29, 0.717) is 28.9 Å². The molecule has 26 heavy (non-hydrogen) atoms. The predicted molar refractivity (Wildman–Crippen MR) is 104 cm³/mol. The molecule has 1 heterocycles. The highest BCUT2D eigenvalue weighted by atomic mass is 35.5. The third kappa shape index (κ3) is 5.04. The van der Waals surface area contributed by atoms with Gasteiger partial charge in [0, 0.05) is 23.3 Å². The normalized spacial score (nSPS) is 10.4. The minimum atomic E-state index is -0.222. The van der Waals surface area contributed by atoms with Gasteiger partial charge >= 0.3 is 0 Å². The number of aromatic nitrogens is 2. The molecular formula is C20H19ClN4O. The van der Waals surface area contributed by atoms with Crippen molar-refractivity contribution in [1.29, 1.82) is 0 Å². The van der Waals surface area contributed by atoms with Gasteiger partial charge in [-0.05, 0) is 43.2 Å². The smallest absolute Gasteiger partial charge is 0.270 e. The van der Waals surface area contributed by atoms with E-state index in [1.807, 2.05) is 54.6 Å². The van der Waals surface area contributed by atoms with Crippen LogP contribution in [-0.4, -0.2) is 22.4 Å². The second-order valence-corrected chi connectivity index (χ2v) is 6.25. The summed E-state index contributed by atoms with van der Waals surface area (Å²) in [7, 11) is 0. The van der Waals surface area contributed by atoms with Crippen molar-refractivity contribution in [2.24, 2.45) is 0 Å². The molecule has 0 radical (unpaired) electrons. The Kier molecular flexibility index (Phi) is 5.81. The molecule has 2 aromatic carbocycles. The summed E-state index contributed by atoms with van der Waals surface area (Å²) in [4.78, 5) is 21.0. The minimum Gasteiger partial charge on any atom is -0.350 e. The molecule has 6 heteroatoms. The van der Waals surface area contributed by atoms with E-state index in [-0.39, 0.29) is 5.91 Å². The SMILES string of the molecule is Cc1nc(Nc2ccccc2)cc(C(=O)NCCc2ccc(Cl)cc2)n1. The third-order valence-corrected chi connectivity index (χ3v) is 3.98. The number of carbonyl (C=O) groups is 1. The lowest BCUT2D eigenvalue weighted by Gasteiger charge is -2.09. The first kappa shape index (κ1) is 17.9. The van der Waals surface area contributed by atoms with Crippen molar-refractivity contribution in [2.45, 2.75) is 13.3 Å². The van der Waals surface area contributed by atoms with Crippen LogP contribution in [0.15, 0.2) is 60.7 Å². The molecule has 2 N–H and O–H groups in total. The van der Waals surface area contributed by atoms with Gasteiger partial charge in [-0.15, -0.1) is 0 Å². The monoisotopic (exact) mass is 366 g/mol. The van der Waals surface area contributed by atoms with Gasteiger partial charge in [0.15, 0.2) is 0 Å². The molecule has 0 aliphatic heterocycles. The average Bonchev–Trinajstić information content (AvgIpc) is 2.63. The summed E-state index contributed by atoms with van der Waals surface area (Å²) >= 11 is 5.87. The Morgan fingerprint density at radius 1 is 1.04 bits per heavy atom. The van der Waals surface area contributed by atoms with Crippen molar-refractivity contribution in [3.63, 3.8) is 0 Å². The highest BCUT2D eigenvalue weighted by molar-refractivity contribution is 6.30. The van der Waals surface area contributed by atoms with Gasteiger partial charge in [0.25, 0.3) is 5.91 Å². The van der Waals surface area contributed by atoms with Crippen molar-refractivity contribution < 1.29 is 4.79 Å². The maximum Gasteiger partial charge on any atom is 0.270 e. The van der Waals surface area contributed by atoms with Gasteiger partial charge in [0.2, 0.25) is 0 Å². The molecule has 3 aromatic rings. The Balaban J connectivity index is 1.62. The largest absolute Gasteiger partial charge is 0.350 e. The number of hydrogen-bond donors (Lipinski definition) is 2. The van der Waals surface area contributed by atoms with Crippen LogP contribution in [0.25, 0.3) is 0 Å². The van der Waals surface area contributed by atoms with Gasteiger partial charge in [-0.2, -0.15) is 0 Å². The Hall–Kier alpha value is -2.92. The van der Waals surface area contributed by atoms with Crippen molar-refractivity contribution in [1.82, 2.24) is 15.3 Å².